The van der Waals surface area contributed by atoms with E-state index in [1.807, 2.05) is 0 Å². The molecule has 9 heavy (non-hydrogen) atoms. The molecular formula is C4H4F2N2O. The number of alkyl halides is 2. The zero-order chi connectivity index (χ0) is 6.69. The van der Waals surface area contributed by atoms with Crippen LogP contribution in [0.4, 0.5) is 8.78 Å². The molecule has 0 aliphatic rings. The fourth-order valence-corrected chi connectivity index (χ4v) is 0.401. The molecule has 5 heteroatoms. The third-order valence-corrected chi connectivity index (χ3v) is 0.682. The van der Waals surface area contributed by atoms with Crippen LogP contribution in [0.5, 0.6) is 0 Å². The molecule has 0 aromatic carbocycles. The van der Waals surface area contributed by atoms with Gasteiger partial charge in [0.2, 0.25) is 0 Å². The lowest BCUT2D eigenvalue weighted by atomic mass is 11.0. The van der Waals surface area contributed by atoms with Crippen LogP contribution in [0.1, 0.15) is 0 Å². The predicted molar refractivity (Wildman–Crippen MR) is 24.8 cm³/mol. The number of aromatic nitrogens is 2. The lowest BCUT2D eigenvalue weighted by Crippen LogP contribution is -2.14. The van der Waals surface area contributed by atoms with Crippen LogP contribution in [-0.4, -0.2) is 16.3 Å². The third-order valence-electron chi connectivity index (χ3n) is 0.682. The summed E-state index contributed by atoms with van der Waals surface area (Å²) in [6.45, 7) is -2.79. The van der Waals surface area contributed by atoms with Gasteiger partial charge in [0.15, 0.2) is 0 Å². The van der Waals surface area contributed by atoms with Gasteiger partial charge in [-0.2, -0.15) is 13.5 Å². The Bertz CT molecular complexity index is 163. The fraction of sp³-hybridized carbons (Fsp3) is 0.250. The Morgan fingerprint density at radius 2 is 2.33 bits per heavy atom. The summed E-state index contributed by atoms with van der Waals surface area (Å²) in [5, 5.41) is 0. The maximum atomic E-state index is 11.3. The number of halogens is 2. The Hall–Kier alpha value is -1.13. The van der Waals surface area contributed by atoms with Crippen molar-refractivity contribution in [1.29, 1.82) is 0 Å². The molecule has 0 aliphatic heterocycles. The van der Waals surface area contributed by atoms with Gasteiger partial charge in [0.05, 0.1) is 6.20 Å². The van der Waals surface area contributed by atoms with Crippen molar-refractivity contribution in [3.05, 3.63) is 18.7 Å². The maximum absolute atomic E-state index is 11.3. The molecule has 0 spiro atoms. The van der Waals surface area contributed by atoms with Crippen molar-refractivity contribution in [2.75, 3.05) is 0 Å². The van der Waals surface area contributed by atoms with Crippen LogP contribution in [0, 0.1) is 0 Å². The molecule has 0 atom stereocenters. The van der Waals surface area contributed by atoms with Crippen molar-refractivity contribution in [3.63, 3.8) is 0 Å². The summed E-state index contributed by atoms with van der Waals surface area (Å²) in [6.07, 6.45) is 3.78. The molecule has 1 heterocycles. The molecular weight excluding hydrogens is 130 g/mol. The summed E-state index contributed by atoms with van der Waals surface area (Å²) in [7, 11) is 0. The summed E-state index contributed by atoms with van der Waals surface area (Å²) in [5.74, 6) is 0. The average molecular weight is 134 g/mol. The summed E-state index contributed by atoms with van der Waals surface area (Å²) in [4.78, 5) is 7.35. The highest BCUT2D eigenvalue weighted by Gasteiger charge is 2.00. The minimum atomic E-state index is -2.79. The van der Waals surface area contributed by atoms with Gasteiger partial charge in [-0.15, -0.1) is 0 Å². The highest BCUT2D eigenvalue weighted by Crippen LogP contribution is 1.90. The zero-order valence-electron chi connectivity index (χ0n) is 4.37. The van der Waals surface area contributed by atoms with Crippen molar-refractivity contribution in [2.45, 2.75) is 6.61 Å². The number of imidazole rings is 1. The predicted octanol–water partition coefficient (Wildman–Crippen LogP) is 0.534. The van der Waals surface area contributed by atoms with Gasteiger partial charge in [0.1, 0.15) is 6.33 Å². The van der Waals surface area contributed by atoms with Gasteiger partial charge >= 0.3 is 6.61 Å². The second-order valence-corrected chi connectivity index (χ2v) is 1.29. The summed E-state index contributed by atoms with van der Waals surface area (Å²) in [6, 6.07) is 0. The highest BCUT2D eigenvalue weighted by atomic mass is 19.3. The van der Waals surface area contributed by atoms with Crippen molar-refractivity contribution < 1.29 is 13.6 Å². The van der Waals surface area contributed by atoms with Crippen LogP contribution >= 0.6 is 0 Å². The van der Waals surface area contributed by atoms with E-state index in [0.29, 0.717) is 0 Å². The SMILES string of the molecule is FC(F)On1ccnc1. The standard InChI is InChI=1S/C4H4F2N2O/c5-4(6)9-8-2-1-7-3-8/h1-4H. The Morgan fingerprint density at radius 1 is 1.56 bits per heavy atom. The molecule has 50 valence electrons. The summed E-state index contributed by atoms with van der Waals surface area (Å²) in [5.41, 5.74) is 0. The van der Waals surface area contributed by atoms with E-state index in [-0.39, 0.29) is 0 Å². The molecule has 0 fully saturated rings. The van der Waals surface area contributed by atoms with E-state index in [2.05, 4.69) is 9.82 Å². The van der Waals surface area contributed by atoms with E-state index < -0.39 is 6.61 Å². The first-order valence-corrected chi connectivity index (χ1v) is 2.22. The molecule has 1 aromatic rings. The largest absolute Gasteiger partial charge is 0.405 e. The topological polar surface area (TPSA) is 27.1 Å². The fourth-order valence-electron chi connectivity index (χ4n) is 0.401. The molecule has 0 unspecified atom stereocenters. The minimum Gasteiger partial charge on any atom is -0.343 e. The van der Waals surface area contributed by atoms with Crippen LogP contribution < -0.4 is 4.84 Å². The molecule has 1 aromatic heterocycles. The van der Waals surface area contributed by atoms with Crippen LogP contribution in [0.25, 0.3) is 0 Å². The average Bonchev–Trinajstić information content (AvgIpc) is 2.15. The molecule has 3 nitrogen and oxygen atoms in total. The van der Waals surface area contributed by atoms with E-state index in [0.717, 1.165) is 11.1 Å². The lowest BCUT2D eigenvalue weighted by molar-refractivity contribution is -0.132. The Morgan fingerprint density at radius 3 is 2.78 bits per heavy atom. The van der Waals surface area contributed by atoms with Crippen LogP contribution in [0.3, 0.4) is 0 Å². The van der Waals surface area contributed by atoms with Gasteiger partial charge in [-0.25, -0.2) is 4.98 Å². The molecule has 0 saturated heterocycles. The first-order chi connectivity index (χ1) is 4.29. The van der Waals surface area contributed by atoms with Crippen molar-refractivity contribution in [3.8, 4) is 0 Å². The first kappa shape index (κ1) is 6.00. The second-order valence-electron chi connectivity index (χ2n) is 1.29. The van der Waals surface area contributed by atoms with Crippen molar-refractivity contribution >= 4 is 0 Å². The normalized spacial score (nSPS) is 10.1. The van der Waals surface area contributed by atoms with Gasteiger partial charge in [-0.05, 0) is 0 Å². The molecule has 0 N–H and O–H groups in total. The minimum absolute atomic E-state index is 0.838. The van der Waals surface area contributed by atoms with Gasteiger partial charge in [0, 0.05) is 6.20 Å². The van der Waals surface area contributed by atoms with Crippen molar-refractivity contribution in [1.82, 2.24) is 9.71 Å². The van der Waals surface area contributed by atoms with Gasteiger partial charge < -0.3 is 4.84 Å². The first-order valence-electron chi connectivity index (χ1n) is 2.22. The number of hydrogen-bond donors (Lipinski definition) is 0. The van der Waals surface area contributed by atoms with E-state index in [1.54, 1.807) is 0 Å². The smallest absolute Gasteiger partial charge is 0.343 e. The Labute approximate surface area is 49.8 Å². The highest BCUT2D eigenvalue weighted by molar-refractivity contribution is 4.69. The zero-order valence-corrected chi connectivity index (χ0v) is 4.37. The quantitative estimate of drug-likeness (QED) is 0.590. The Balaban J connectivity index is 2.48. The molecule has 0 aliphatic carbocycles. The van der Waals surface area contributed by atoms with Gasteiger partial charge in [-0.3, -0.25) is 0 Å². The van der Waals surface area contributed by atoms with E-state index in [9.17, 15) is 8.78 Å². The molecule has 0 amide bonds. The maximum Gasteiger partial charge on any atom is 0.405 e. The lowest BCUT2D eigenvalue weighted by Gasteiger charge is -2.00. The Kier molecular flexibility index (Phi) is 1.62. The van der Waals surface area contributed by atoms with Crippen LogP contribution in [0.15, 0.2) is 18.7 Å². The molecule has 1 rings (SSSR count). The third kappa shape index (κ3) is 1.67. The molecule has 0 saturated carbocycles. The molecule has 0 radical (unpaired) electrons. The van der Waals surface area contributed by atoms with E-state index >= 15 is 0 Å². The number of hydrogen-bond acceptors (Lipinski definition) is 2. The number of nitrogens with zero attached hydrogens (tertiary/aromatic N) is 2. The van der Waals surface area contributed by atoms with E-state index in [4.69, 9.17) is 0 Å². The van der Waals surface area contributed by atoms with Crippen molar-refractivity contribution in [2.24, 2.45) is 0 Å². The number of rotatable bonds is 2. The van der Waals surface area contributed by atoms with Gasteiger partial charge in [-0.1, -0.05) is 0 Å². The monoisotopic (exact) mass is 134 g/mol. The summed E-state index contributed by atoms with van der Waals surface area (Å²) < 4.78 is 23.5. The van der Waals surface area contributed by atoms with Gasteiger partial charge in [0.25, 0.3) is 0 Å². The second kappa shape index (κ2) is 2.43. The van der Waals surface area contributed by atoms with E-state index in [1.165, 1.54) is 12.4 Å². The van der Waals surface area contributed by atoms with Crippen LogP contribution in [0.2, 0.25) is 0 Å². The summed E-state index contributed by atoms with van der Waals surface area (Å²) >= 11 is 0. The molecule has 0 bridgehead atoms. The van der Waals surface area contributed by atoms with Crippen LogP contribution in [-0.2, 0) is 0 Å².